The summed E-state index contributed by atoms with van der Waals surface area (Å²) in [7, 11) is -0.367. The van der Waals surface area contributed by atoms with Gasteiger partial charge in [-0.05, 0) is 37.0 Å². The van der Waals surface area contributed by atoms with Crippen molar-refractivity contribution in [1.29, 1.82) is 1.28 Å². The second-order valence-corrected chi connectivity index (χ2v) is 6.49. The Morgan fingerprint density at radius 1 is 0.692 bits per heavy atom. The van der Waals surface area contributed by atoms with E-state index in [0.29, 0.717) is 0 Å². The molecule has 0 atom stereocenters. The van der Waals surface area contributed by atoms with Crippen LogP contribution in [0.15, 0.2) is 0 Å². The van der Waals surface area contributed by atoms with Gasteiger partial charge < -0.3 is 0 Å². The van der Waals surface area contributed by atoms with E-state index in [1.54, 1.807) is 0 Å². The first-order chi connectivity index (χ1) is 6.88. The van der Waals surface area contributed by atoms with Crippen LogP contribution in [0.4, 0.5) is 0 Å². The van der Waals surface area contributed by atoms with E-state index in [2.05, 4.69) is 0 Å². The average Bonchev–Trinajstić information content (AvgIpc) is 2.30. The zero-order valence-corrected chi connectivity index (χ0v) is 9.57. The Kier molecular flexibility index (Phi) is 3.58. The fourth-order valence-corrected chi connectivity index (χ4v) is 4.68. The van der Waals surface area contributed by atoms with E-state index in [1.165, 1.54) is 64.2 Å². The minimum absolute atomic E-state index is 0.367. The molecule has 0 unspecified atom stereocenters. The molecule has 0 amide bonds. The Morgan fingerprint density at radius 3 is 1.46 bits per heavy atom. The third-order valence-corrected chi connectivity index (χ3v) is 5.45. The van der Waals surface area contributed by atoms with Crippen molar-refractivity contribution < 1.29 is 0 Å². The molecular formula is C12H23P. The van der Waals surface area contributed by atoms with Crippen molar-refractivity contribution in [3.05, 3.63) is 0 Å². The van der Waals surface area contributed by atoms with Gasteiger partial charge in [-0.25, -0.2) is 0 Å². The zero-order valence-electron chi connectivity index (χ0n) is 9.67. The average molecular weight is 199 g/mol. The van der Waals surface area contributed by atoms with Crippen molar-refractivity contribution in [2.45, 2.75) is 75.5 Å². The van der Waals surface area contributed by atoms with Gasteiger partial charge in [0.2, 0.25) is 0 Å². The summed E-state index contributed by atoms with van der Waals surface area (Å²) < 4.78 is 8.43. The minimum atomic E-state index is -0.367. The molecule has 0 aromatic carbocycles. The largest absolute Gasteiger partial charge is 0.116 e. The molecule has 0 aromatic rings. The van der Waals surface area contributed by atoms with Gasteiger partial charge in [0.05, 0.1) is 1.28 Å². The summed E-state index contributed by atoms with van der Waals surface area (Å²) in [6.45, 7) is 0. The molecule has 2 saturated carbocycles. The highest BCUT2D eigenvalue weighted by molar-refractivity contribution is 7.39. The summed E-state index contributed by atoms with van der Waals surface area (Å²) in [4.78, 5) is 0. The fraction of sp³-hybridized carbons (Fsp3) is 1.00. The fourth-order valence-electron chi connectivity index (χ4n) is 2.76. The highest BCUT2D eigenvalue weighted by Crippen LogP contribution is 2.41. The van der Waals surface area contributed by atoms with Crippen LogP contribution in [-0.2, 0) is 0 Å². The van der Waals surface area contributed by atoms with E-state index >= 15 is 0 Å². The third kappa shape index (κ3) is 3.24. The molecule has 1 heteroatoms. The monoisotopic (exact) mass is 199 g/mol. The van der Waals surface area contributed by atoms with Crippen molar-refractivity contribution in [3.63, 3.8) is 0 Å². The lowest BCUT2D eigenvalue weighted by molar-refractivity contribution is 0.490. The molecule has 76 valence electrons. The predicted octanol–water partition coefficient (Wildman–Crippen LogP) is 4.33. The molecule has 0 spiro atoms. The van der Waals surface area contributed by atoms with Gasteiger partial charge in [0.1, 0.15) is 0 Å². The van der Waals surface area contributed by atoms with Gasteiger partial charge in [0.25, 0.3) is 0 Å². The first-order valence-electron chi connectivity index (χ1n) is 6.60. The molecule has 0 nitrogen and oxygen atoms in total. The van der Waals surface area contributed by atoms with Gasteiger partial charge in [-0.15, -0.1) is 8.53 Å². The van der Waals surface area contributed by atoms with Gasteiger partial charge in [-0.1, -0.05) is 38.5 Å². The van der Waals surface area contributed by atoms with E-state index in [0.717, 1.165) is 11.3 Å². The molecule has 0 aliphatic heterocycles. The smallest absolute Gasteiger partial charge is 0.0585 e. The van der Waals surface area contributed by atoms with E-state index < -0.39 is 0 Å². The highest BCUT2D eigenvalue weighted by Gasteiger charge is 2.20. The van der Waals surface area contributed by atoms with Crippen LogP contribution in [0.1, 0.15) is 64.2 Å². The summed E-state index contributed by atoms with van der Waals surface area (Å²) >= 11 is 0. The summed E-state index contributed by atoms with van der Waals surface area (Å²) in [6, 6.07) is 0. The van der Waals surface area contributed by atoms with Crippen molar-refractivity contribution in [1.82, 2.24) is 0 Å². The van der Waals surface area contributed by atoms with Crippen LogP contribution in [-0.4, -0.2) is 12.6 Å². The number of hydrogen-bond acceptors (Lipinski definition) is 0. The Labute approximate surface area is 85.9 Å². The highest BCUT2D eigenvalue weighted by atomic mass is 31.1. The molecule has 2 rings (SSSR count). The standard InChI is InChI=1S/C12H23P/c1-3-7-11(8-4-1)13-12-9-5-2-6-10-12/h11-13H,1-10H2/i13D. The van der Waals surface area contributed by atoms with E-state index in [9.17, 15) is 0 Å². The lowest BCUT2D eigenvalue weighted by Gasteiger charge is -2.28. The zero-order chi connectivity index (χ0) is 9.80. The molecule has 0 heterocycles. The van der Waals surface area contributed by atoms with Gasteiger partial charge in [0, 0.05) is 0 Å². The van der Waals surface area contributed by atoms with Gasteiger partial charge in [-0.2, -0.15) is 0 Å². The quantitative estimate of drug-likeness (QED) is 0.581. The lowest BCUT2D eigenvalue weighted by atomic mass is 10.00. The molecule has 2 fully saturated rings. The van der Waals surface area contributed by atoms with Crippen molar-refractivity contribution in [3.8, 4) is 0 Å². The van der Waals surface area contributed by atoms with Crippen LogP contribution in [0.25, 0.3) is 0 Å². The van der Waals surface area contributed by atoms with Crippen LogP contribution >= 0.6 is 8.53 Å². The summed E-state index contributed by atoms with van der Waals surface area (Å²) in [5, 5.41) is 0. The second-order valence-electron chi connectivity index (χ2n) is 4.73. The molecule has 0 aromatic heterocycles. The van der Waals surface area contributed by atoms with Crippen LogP contribution in [0.2, 0.25) is 0 Å². The van der Waals surface area contributed by atoms with Crippen LogP contribution in [0.3, 0.4) is 0 Å². The maximum atomic E-state index is 8.43. The summed E-state index contributed by atoms with van der Waals surface area (Å²) in [5.41, 5.74) is 1.64. The Balaban J connectivity index is 1.82. The van der Waals surface area contributed by atoms with Crippen molar-refractivity contribution in [2.24, 2.45) is 0 Å². The van der Waals surface area contributed by atoms with E-state index in [-0.39, 0.29) is 8.53 Å². The van der Waals surface area contributed by atoms with Crippen LogP contribution in [0.5, 0.6) is 0 Å². The first kappa shape index (κ1) is 8.72. The molecular weight excluding hydrogens is 175 g/mol. The van der Waals surface area contributed by atoms with Crippen molar-refractivity contribution in [2.75, 3.05) is 0 Å². The topological polar surface area (TPSA) is 0 Å². The molecule has 0 N–H and O–H groups in total. The maximum absolute atomic E-state index is 8.43. The molecule has 0 radical (unpaired) electrons. The molecule has 2 aliphatic carbocycles. The molecule has 13 heavy (non-hydrogen) atoms. The predicted molar refractivity (Wildman–Crippen MR) is 62.1 cm³/mol. The Bertz CT molecular complexity index is 142. The second kappa shape index (κ2) is 5.35. The normalized spacial score (nSPS) is 29.2. The van der Waals surface area contributed by atoms with Gasteiger partial charge in [-0.3, -0.25) is 0 Å². The lowest BCUT2D eigenvalue weighted by Crippen LogP contribution is -2.14. The SMILES string of the molecule is [2H]P(C1CCCCC1)C1CCCCC1. The number of hydrogen-bond donors (Lipinski definition) is 0. The van der Waals surface area contributed by atoms with Crippen molar-refractivity contribution >= 4 is 8.53 Å². The molecule has 2 aliphatic rings. The van der Waals surface area contributed by atoms with Crippen LogP contribution in [0, 0.1) is 0 Å². The Morgan fingerprint density at radius 2 is 1.08 bits per heavy atom. The van der Waals surface area contributed by atoms with Gasteiger partial charge in [0.15, 0.2) is 0 Å². The number of rotatable bonds is 2. The molecule has 0 bridgehead atoms. The minimum Gasteiger partial charge on any atom is -0.116 e. The summed E-state index contributed by atoms with van der Waals surface area (Å²) in [5.74, 6) is 0. The van der Waals surface area contributed by atoms with E-state index in [4.69, 9.17) is 1.28 Å². The van der Waals surface area contributed by atoms with Crippen LogP contribution < -0.4 is 0 Å². The molecule has 0 saturated heterocycles. The van der Waals surface area contributed by atoms with E-state index in [1.807, 2.05) is 0 Å². The maximum Gasteiger partial charge on any atom is 0.0585 e. The Hall–Kier alpha value is 0.430. The van der Waals surface area contributed by atoms with Gasteiger partial charge >= 0.3 is 0 Å². The first-order valence-corrected chi connectivity index (χ1v) is 7.18. The summed E-state index contributed by atoms with van der Waals surface area (Å²) in [6.07, 6.45) is 14.0. The third-order valence-electron chi connectivity index (χ3n) is 3.57.